The molecule has 1 aliphatic heterocycles. The van der Waals surface area contributed by atoms with Gasteiger partial charge in [-0.15, -0.1) is 10.2 Å². The predicted octanol–water partition coefficient (Wildman–Crippen LogP) is 4.37. The van der Waals surface area contributed by atoms with Crippen LogP contribution < -0.4 is 0 Å². The molecule has 4 rings (SSSR count). The monoisotopic (exact) mass is 456 g/mol. The minimum atomic E-state index is 0.0518. The van der Waals surface area contributed by atoms with Crippen molar-refractivity contribution in [3.63, 3.8) is 0 Å². The minimum absolute atomic E-state index is 0.0518. The molecular formula is C23H25ClN4O2S. The van der Waals surface area contributed by atoms with Crippen LogP contribution in [-0.2, 0) is 16.1 Å². The Bertz CT molecular complexity index is 1020. The highest BCUT2D eigenvalue weighted by atomic mass is 35.5. The average Bonchev–Trinajstić information content (AvgIpc) is 3.15. The highest BCUT2D eigenvalue weighted by Crippen LogP contribution is 2.27. The van der Waals surface area contributed by atoms with Crippen molar-refractivity contribution >= 4 is 29.3 Å². The Labute approximate surface area is 191 Å². The van der Waals surface area contributed by atoms with Gasteiger partial charge in [0.05, 0.1) is 24.5 Å². The van der Waals surface area contributed by atoms with Crippen molar-refractivity contribution in [2.45, 2.75) is 37.8 Å². The molecule has 8 heteroatoms. The molecule has 2 atom stereocenters. The number of rotatable bonds is 6. The zero-order valence-corrected chi connectivity index (χ0v) is 19.1. The van der Waals surface area contributed by atoms with Crippen LogP contribution in [0.3, 0.4) is 0 Å². The van der Waals surface area contributed by atoms with Gasteiger partial charge in [0.2, 0.25) is 5.91 Å². The average molecular weight is 457 g/mol. The number of aromatic nitrogens is 3. The largest absolute Gasteiger partial charge is 0.372 e. The van der Waals surface area contributed by atoms with E-state index in [1.165, 1.54) is 11.8 Å². The summed E-state index contributed by atoms with van der Waals surface area (Å²) in [5, 5.41) is 10.2. The standard InChI is InChI=1S/C23H25ClN4O2S/c1-16-12-27(13-17(2)30-16)21(29)15-31-23-26-25-22(19-8-10-20(24)11-9-19)28(23)14-18-6-4-3-5-7-18/h3-11,16-17H,12-15H2,1-2H3. The molecule has 6 nitrogen and oxygen atoms in total. The Hall–Kier alpha value is -2.35. The molecule has 0 N–H and O–H groups in total. The van der Waals surface area contributed by atoms with Crippen LogP contribution in [0.25, 0.3) is 11.4 Å². The molecule has 2 heterocycles. The van der Waals surface area contributed by atoms with E-state index < -0.39 is 0 Å². The Kier molecular flexibility index (Phi) is 6.95. The number of carbonyl (C=O) groups is 1. The van der Waals surface area contributed by atoms with Crippen LogP contribution in [0, 0.1) is 0 Å². The summed E-state index contributed by atoms with van der Waals surface area (Å²) in [6.45, 7) is 5.86. The lowest BCUT2D eigenvalue weighted by molar-refractivity contribution is -0.140. The molecule has 1 aliphatic rings. The van der Waals surface area contributed by atoms with Gasteiger partial charge in [-0.2, -0.15) is 0 Å². The molecule has 1 fully saturated rings. The predicted molar refractivity (Wildman–Crippen MR) is 123 cm³/mol. The smallest absolute Gasteiger partial charge is 0.233 e. The third-order valence-corrected chi connectivity index (χ3v) is 6.30. The lowest BCUT2D eigenvalue weighted by Crippen LogP contribution is -2.48. The van der Waals surface area contributed by atoms with Gasteiger partial charge in [-0.25, -0.2) is 0 Å². The maximum Gasteiger partial charge on any atom is 0.233 e. The summed E-state index contributed by atoms with van der Waals surface area (Å²) in [7, 11) is 0. The summed E-state index contributed by atoms with van der Waals surface area (Å²) < 4.78 is 7.80. The zero-order valence-electron chi connectivity index (χ0n) is 17.6. The van der Waals surface area contributed by atoms with E-state index in [2.05, 4.69) is 26.9 Å². The van der Waals surface area contributed by atoms with Crippen molar-refractivity contribution < 1.29 is 9.53 Å². The van der Waals surface area contributed by atoms with E-state index in [0.717, 1.165) is 22.1 Å². The topological polar surface area (TPSA) is 60.2 Å². The van der Waals surface area contributed by atoms with Crippen LogP contribution in [0.15, 0.2) is 59.8 Å². The van der Waals surface area contributed by atoms with Crippen molar-refractivity contribution in [1.82, 2.24) is 19.7 Å². The first-order valence-corrected chi connectivity index (χ1v) is 11.6. The normalized spacial score (nSPS) is 18.9. The molecular weight excluding hydrogens is 432 g/mol. The van der Waals surface area contributed by atoms with Crippen LogP contribution >= 0.6 is 23.4 Å². The summed E-state index contributed by atoms with van der Waals surface area (Å²) in [5.41, 5.74) is 2.07. The Morgan fingerprint density at radius 3 is 2.42 bits per heavy atom. The number of amides is 1. The van der Waals surface area contributed by atoms with Gasteiger partial charge in [0.15, 0.2) is 11.0 Å². The maximum atomic E-state index is 12.8. The third-order valence-electron chi connectivity index (χ3n) is 5.10. The Morgan fingerprint density at radius 1 is 1.06 bits per heavy atom. The number of hydrogen-bond donors (Lipinski definition) is 0. The second-order valence-corrected chi connectivity index (χ2v) is 9.11. The van der Waals surface area contributed by atoms with E-state index in [0.29, 0.717) is 30.4 Å². The van der Waals surface area contributed by atoms with Gasteiger partial charge >= 0.3 is 0 Å². The van der Waals surface area contributed by atoms with E-state index in [4.69, 9.17) is 16.3 Å². The Balaban J connectivity index is 1.55. The van der Waals surface area contributed by atoms with Crippen LogP contribution in [0.4, 0.5) is 0 Å². The second-order valence-electron chi connectivity index (χ2n) is 7.73. The van der Waals surface area contributed by atoms with Crippen molar-refractivity contribution in [3.05, 3.63) is 65.2 Å². The van der Waals surface area contributed by atoms with E-state index in [1.54, 1.807) is 0 Å². The third kappa shape index (κ3) is 5.47. The first-order valence-electron chi connectivity index (χ1n) is 10.3. The van der Waals surface area contributed by atoms with E-state index in [9.17, 15) is 4.79 Å². The summed E-state index contributed by atoms with van der Waals surface area (Å²) in [5.74, 6) is 1.16. The lowest BCUT2D eigenvalue weighted by atomic mass is 10.2. The summed E-state index contributed by atoms with van der Waals surface area (Å²) in [6, 6.07) is 17.7. The Morgan fingerprint density at radius 2 is 1.74 bits per heavy atom. The molecule has 0 spiro atoms. The number of nitrogens with zero attached hydrogens (tertiary/aromatic N) is 4. The molecule has 3 aromatic rings. The van der Waals surface area contributed by atoms with Crippen LogP contribution in [0.1, 0.15) is 19.4 Å². The first-order chi connectivity index (χ1) is 15.0. The fraction of sp³-hybridized carbons (Fsp3) is 0.348. The maximum absolute atomic E-state index is 12.8. The number of hydrogen-bond acceptors (Lipinski definition) is 5. The lowest BCUT2D eigenvalue weighted by Gasteiger charge is -2.35. The van der Waals surface area contributed by atoms with Gasteiger partial charge in [0, 0.05) is 23.7 Å². The van der Waals surface area contributed by atoms with Crippen molar-refractivity contribution in [3.8, 4) is 11.4 Å². The van der Waals surface area contributed by atoms with E-state index in [1.807, 2.05) is 61.2 Å². The fourth-order valence-corrected chi connectivity index (χ4v) is 4.68. The first kappa shape index (κ1) is 21.9. The highest BCUT2D eigenvalue weighted by Gasteiger charge is 2.26. The van der Waals surface area contributed by atoms with Gasteiger partial charge in [-0.05, 0) is 43.7 Å². The molecule has 1 amide bonds. The van der Waals surface area contributed by atoms with Gasteiger partial charge < -0.3 is 9.64 Å². The van der Waals surface area contributed by atoms with Gasteiger partial charge in [-0.1, -0.05) is 53.7 Å². The number of benzene rings is 2. The fourth-order valence-electron chi connectivity index (χ4n) is 3.72. The summed E-state index contributed by atoms with van der Waals surface area (Å²) >= 11 is 7.48. The zero-order chi connectivity index (χ0) is 21.8. The summed E-state index contributed by atoms with van der Waals surface area (Å²) in [4.78, 5) is 14.7. The van der Waals surface area contributed by atoms with Crippen LogP contribution in [0.5, 0.6) is 0 Å². The van der Waals surface area contributed by atoms with Gasteiger partial charge in [0.1, 0.15) is 0 Å². The SMILES string of the molecule is CC1CN(C(=O)CSc2nnc(-c3ccc(Cl)cc3)n2Cc2ccccc2)CC(C)O1. The minimum Gasteiger partial charge on any atom is -0.372 e. The molecule has 31 heavy (non-hydrogen) atoms. The number of carbonyl (C=O) groups excluding carboxylic acids is 1. The molecule has 1 aromatic heterocycles. The van der Waals surface area contributed by atoms with Gasteiger partial charge in [0.25, 0.3) is 0 Å². The van der Waals surface area contributed by atoms with E-state index in [-0.39, 0.29) is 18.1 Å². The quantitative estimate of drug-likeness (QED) is 0.515. The molecule has 162 valence electrons. The molecule has 0 bridgehead atoms. The van der Waals surface area contributed by atoms with Crippen molar-refractivity contribution in [2.75, 3.05) is 18.8 Å². The number of ether oxygens (including phenoxy) is 1. The molecule has 0 aliphatic carbocycles. The van der Waals surface area contributed by atoms with E-state index >= 15 is 0 Å². The van der Waals surface area contributed by atoms with Crippen molar-refractivity contribution in [1.29, 1.82) is 0 Å². The number of morpholine rings is 1. The van der Waals surface area contributed by atoms with Crippen LogP contribution in [-0.4, -0.2) is 56.6 Å². The summed E-state index contributed by atoms with van der Waals surface area (Å²) in [6.07, 6.45) is 0.104. The molecule has 2 aromatic carbocycles. The van der Waals surface area contributed by atoms with Gasteiger partial charge in [-0.3, -0.25) is 9.36 Å². The molecule has 2 unspecified atom stereocenters. The van der Waals surface area contributed by atoms with Crippen molar-refractivity contribution in [2.24, 2.45) is 0 Å². The molecule has 1 saturated heterocycles. The second kappa shape index (κ2) is 9.85. The molecule has 0 radical (unpaired) electrons. The number of halogens is 1. The highest BCUT2D eigenvalue weighted by molar-refractivity contribution is 7.99. The molecule has 0 saturated carbocycles. The number of thioether (sulfide) groups is 1. The van der Waals surface area contributed by atoms with Crippen LogP contribution in [0.2, 0.25) is 5.02 Å².